The monoisotopic (exact) mass is 308 g/mol. The van der Waals surface area contributed by atoms with Gasteiger partial charge in [-0.25, -0.2) is 9.97 Å². The molecular weight excluding hydrogens is 292 g/mol. The molecule has 0 saturated heterocycles. The molecular formula is C17H16N4S. The number of thioether (sulfide) groups is 1. The zero-order valence-electron chi connectivity index (χ0n) is 12.3. The minimum Gasteiger partial charge on any atom is -0.333 e. The van der Waals surface area contributed by atoms with E-state index in [1.807, 2.05) is 24.3 Å². The molecule has 4 nitrogen and oxygen atoms in total. The number of para-hydroxylation sites is 4. The molecule has 4 aromatic rings. The number of H-pyrrole nitrogens is 1. The van der Waals surface area contributed by atoms with E-state index in [4.69, 9.17) is 0 Å². The van der Waals surface area contributed by atoms with Crippen molar-refractivity contribution in [1.82, 2.24) is 19.5 Å². The molecule has 0 aliphatic carbocycles. The smallest absolute Gasteiger partial charge is 0.166 e. The van der Waals surface area contributed by atoms with Crippen molar-refractivity contribution in [3.63, 3.8) is 0 Å². The van der Waals surface area contributed by atoms with Gasteiger partial charge in [-0.15, -0.1) is 0 Å². The number of aromatic nitrogens is 4. The van der Waals surface area contributed by atoms with Crippen molar-refractivity contribution in [3.8, 4) is 0 Å². The highest BCUT2D eigenvalue weighted by atomic mass is 32.2. The number of nitrogens with one attached hydrogen (secondary N) is 1. The number of fused-ring (bicyclic) bond motifs is 2. The van der Waals surface area contributed by atoms with Gasteiger partial charge >= 0.3 is 0 Å². The van der Waals surface area contributed by atoms with Gasteiger partial charge in [0.15, 0.2) is 5.16 Å². The molecule has 22 heavy (non-hydrogen) atoms. The maximum Gasteiger partial charge on any atom is 0.166 e. The lowest BCUT2D eigenvalue weighted by Gasteiger charge is -2.05. The van der Waals surface area contributed by atoms with Crippen LogP contribution >= 0.6 is 11.8 Å². The Kier molecular flexibility index (Phi) is 3.35. The lowest BCUT2D eigenvalue weighted by molar-refractivity contribution is 0.760. The first-order chi connectivity index (χ1) is 10.8. The predicted octanol–water partition coefficient (Wildman–Crippen LogP) is 4.01. The third-order valence-corrected chi connectivity index (χ3v) is 4.62. The van der Waals surface area contributed by atoms with E-state index < -0.39 is 0 Å². The lowest BCUT2D eigenvalue weighted by atomic mass is 10.3. The van der Waals surface area contributed by atoms with E-state index in [1.54, 1.807) is 11.8 Å². The Balaban J connectivity index is 1.51. The molecule has 0 amide bonds. The summed E-state index contributed by atoms with van der Waals surface area (Å²) < 4.78 is 2.27. The quantitative estimate of drug-likeness (QED) is 0.579. The van der Waals surface area contributed by atoms with Gasteiger partial charge in [-0.3, -0.25) is 0 Å². The molecule has 0 radical (unpaired) electrons. The highest BCUT2D eigenvalue weighted by Gasteiger charge is 2.07. The number of hydrogen-bond acceptors (Lipinski definition) is 3. The van der Waals surface area contributed by atoms with Crippen molar-refractivity contribution in [3.05, 3.63) is 54.4 Å². The molecule has 110 valence electrons. The normalized spacial score (nSPS) is 11.5. The fraction of sp³-hybridized carbons (Fsp3) is 0.176. The highest BCUT2D eigenvalue weighted by molar-refractivity contribution is 7.99. The number of nitrogens with zero attached hydrogens (tertiary/aromatic N) is 3. The standard InChI is InChI=1S/C17H16N4S/c1-12-18-15-8-4-5-9-16(15)21(12)10-11-22-17-19-13-6-2-3-7-14(13)20-17/h2-9H,10-11H2,1H3,(H,19,20). The van der Waals surface area contributed by atoms with Crippen molar-refractivity contribution < 1.29 is 0 Å². The van der Waals surface area contributed by atoms with Crippen LogP contribution in [0, 0.1) is 6.92 Å². The molecule has 0 bridgehead atoms. The van der Waals surface area contributed by atoms with Gasteiger partial charge in [0.25, 0.3) is 0 Å². The van der Waals surface area contributed by atoms with Gasteiger partial charge in [0, 0.05) is 12.3 Å². The molecule has 0 unspecified atom stereocenters. The number of aromatic amines is 1. The summed E-state index contributed by atoms with van der Waals surface area (Å²) in [4.78, 5) is 12.6. The van der Waals surface area contributed by atoms with Crippen LogP contribution in [0.25, 0.3) is 22.1 Å². The van der Waals surface area contributed by atoms with Crippen molar-refractivity contribution in [2.75, 3.05) is 5.75 Å². The molecule has 5 heteroatoms. The van der Waals surface area contributed by atoms with Crippen LogP contribution in [0.2, 0.25) is 0 Å². The van der Waals surface area contributed by atoms with Crippen molar-refractivity contribution in [2.24, 2.45) is 0 Å². The van der Waals surface area contributed by atoms with Gasteiger partial charge in [-0.1, -0.05) is 36.0 Å². The zero-order valence-corrected chi connectivity index (χ0v) is 13.1. The second-order valence-corrected chi connectivity index (χ2v) is 6.29. The average Bonchev–Trinajstić information content (AvgIpc) is 3.08. The van der Waals surface area contributed by atoms with E-state index in [-0.39, 0.29) is 0 Å². The number of hydrogen-bond donors (Lipinski definition) is 1. The second kappa shape index (κ2) is 5.50. The summed E-state index contributed by atoms with van der Waals surface area (Å²) >= 11 is 1.75. The molecule has 1 N–H and O–H groups in total. The molecule has 0 aliphatic heterocycles. The summed E-state index contributed by atoms with van der Waals surface area (Å²) in [6.07, 6.45) is 0. The van der Waals surface area contributed by atoms with Crippen molar-refractivity contribution >= 4 is 33.8 Å². The summed E-state index contributed by atoms with van der Waals surface area (Å²) in [5.41, 5.74) is 4.38. The van der Waals surface area contributed by atoms with Crippen LogP contribution in [-0.2, 0) is 6.54 Å². The van der Waals surface area contributed by atoms with Crippen LogP contribution in [-0.4, -0.2) is 25.3 Å². The molecule has 2 aromatic carbocycles. The molecule has 2 aromatic heterocycles. The van der Waals surface area contributed by atoms with E-state index in [1.165, 1.54) is 5.52 Å². The zero-order chi connectivity index (χ0) is 14.9. The van der Waals surface area contributed by atoms with Crippen molar-refractivity contribution in [2.45, 2.75) is 18.6 Å². The first-order valence-electron chi connectivity index (χ1n) is 7.31. The number of rotatable bonds is 4. The first kappa shape index (κ1) is 13.4. The molecule has 0 spiro atoms. The van der Waals surface area contributed by atoms with Gasteiger partial charge < -0.3 is 9.55 Å². The molecule has 2 heterocycles. The number of benzene rings is 2. The highest BCUT2D eigenvalue weighted by Crippen LogP contribution is 2.21. The molecule has 0 fully saturated rings. The lowest BCUT2D eigenvalue weighted by Crippen LogP contribution is -2.02. The van der Waals surface area contributed by atoms with Crippen LogP contribution in [0.5, 0.6) is 0 Å². The third-order valence-electron chi connectivity index (χ3n) is 3.77. The Morgan fingerprint density at radius 1 is 1.00 bits per heavy atom. The minimum absolute atomic E-state index is 0.925. The van der Waals surface area contributed by atoms with Gasteiger partial charge in [0.1, 0.15) is 5.82 Å². The average molecular weight is 308 g/mol. The Morgan fingerprint density at radius 2 is 1.77 bits per heavy atom. The van der Waals surface area contributed by atoms with E-state index in [9.17, 15) is 0 Å². The van der Waals surface area contributed by atoms with Gasteiger partial charge in [0.05, 0.1) is 22.1 Å². The molecule has 4 rings (SSSR count). The van der Waals surface area contributed by atoms with Crippen LogP contribution in [0.4, 0.5) is 0 Å². The van der Waals surface area contributed by atoms with E-state index in [0.29, 0.717) is 0 Å². The minimum atomic E-state index is 0.925. The van der Waals surface area contributed by atoms with Crippen LogP contribution in [0.3, 0.4) is 0 Å². The summed E-state index contributed by atoms with van der Waals surface area (Å²) in [6.45, 7) is 2.99. The maximum absolute atomic E-state index is 4.60. The van der Waals surface area contributed by atoms with E-state index >= 15 is 0 Å². The van der Waals surface area contributed by atoms with E-state index in [0.717, 1.165) is 39.8 Å². The van der Waals surface area contributed by atoms with Crippen LogP contribution in [0.15, 0.2) is 53.7 Å². The maximum atomic E-state index is 4.60. The van der Waals surface area contributed by atoms with Crippen LogP contribution in [0.1, 0.15) is 5.82 Å². The topological polar surface area (TPSA) is 46.5 Å². The van der Waals surface area contributed by atoms with Gasteiger partial charge in [0.2, 0.25) is 0 Å². The summed E-state index contributed by atoms with van der Waals surface area (Å²) in [6, 6.07) is 16.4. The summed E-state index contributed by atoms with van der Waals surface area (Å²) in [7, 11) is 0. The van der Waals surface area contributed by atoms with Gasteiger partial charge in [-0.05, 0) is 31.2 Å². The fourth-order valence-corrected chi connectivity index (χ4v) is 3.52. The number of imidazole rings is 2. The largest absolute Gasteiger partial charge is 0.333 e. The SMILES string of the molecule is Cc1nc2ccccc2n1CCSc1nc2ccccc2[nH]1. The molecule has 0 aliphatic rings. The summed E-state index contributed by atoms with van der Waals surface area (Å²) in [5.74, 6) is 2.02. The van der Waals surface area contributed by atoms with Crippen molar-refractivity contribution in [1.29, 1.82) is 0 Å². The Morgan fingerprint density at radius 3 is 2.64 bits per heavy atom. The predicted molar refractivity (Wildman–Crippen MR) is 91.3 cm³/mol. The number of aryl methyl sites for hydroxylation is 2. The Bertz CT molecular complexity index is 905. The fourth-order valence-electron chi connectivity index (χ4n) is 2.71. The second-order valence-electron chi connectivity index (χ2n) is 5.21. The Labute approximate surface area is 132 Å². The molecule has 0 atom stereocenters. The summed E-state index contributed by atoms with van der Waals surface area (Å²) in [5, 5.41) is 0.975. The van der Waals surface area contributed by atoms with E-state index in [2.05, 4.69) is 50.7 Å². The van der Waals surface area contributed by atoms with Gasteiger partial charge in [-0.2, -0.15) is 0 Å². The van der Waals surface area contributed by atoms with Crippen LogP contribution < -0.4 is 0 Å². The first-order valence-corrected chi connectivity index (χ1v) is 8.29. The Hall–Kier alpha value is -2.27. The third kappa shape index (κ3) is 2.37. The molecule has 0 saturated carbocycles.